The molecule has 0 spiro atoms. The Bertz CT molecular complexity index is 1030. The van der Waals surface area contributed by atoms with Gasteiger partial charge < -0.3 is 15.4 Å². The molecule has 0 atom stereocenters. The van der Waals surface area contributed by atoms with Crippen molar-refractivity contribution >= 4 is 29.5 Å². The van der Waals surface area contributed by atoms with Gasteiger partial charge in [0.25, 0.3) is 0 Å². The Morgan fingerprint density at radius 3 is 2.23 bits per heavy atom. The van der Waals surface area contributed by atoms with E-state index in [1.54, 1.807) is 17.0 Å². The van der Waals surface area contributed by atoms with E-state index in [1.165, 1.54) is 19.2 Å². The van der Waals surface area contributed by atoms with Crippen LogP contribution in [0.5, 0.6) is 0 Å². The van der Waals surface area contributed by atoms with Gasteiger partial charge in [-0.15, -0.1) is 0 Å². The third kappa shape index (κ3) is 4.70. The van der Waals surface area contributed by atoms with Crippen molar-refractivity contribution in [2.24, 2.45) is 0 Å². The number of anilines is 1. The number of nitriles is 2. The van der Waals surface area contributed by atoms with Gasteiger partial charge in [-0.2, -0.15) is 10.5 Å². The smallest absolute Gasteiger partial charge is 0.337 e. The molecule has 9 heteroatoms. The number of ether oxygens (including phenoxy) is 1. The number of hydrogen-bond acceptors (Lipinski definition) is 8. The van der Waals surface area contributed by atoms with Gasteiger partial charge in [-0.25, -0.2) is 9.78 Å². The predicted octanol–water partition coefficient (Wildman–Crippen LogP) is 2.82. The number of thioether (sulfide) groups is 1. The van der Waals surface area contributed by atoms with Gasteiger partial charge in [0.15, 0.2) is 0 Å². The summed E-state index contributed by atoms with van der Waals surface area (Å²) in [6.07, 6.45) is 0. The Hall–Kier alpha value is -3.56. The van der Waals surface area contributed by atoms with E-state index >= 15 is 0 Å². The van der Waals surface area contributed by atoms with Gasteiger partial charge in [0.1, 0.15) is 28.5 Å². The molecule has 0 bridgehead atoms. The number of nitrogens with zero attached hydrogens (tertiary/aromatic N) is 4. The first kappa shape index (κ1) is 22.7. The quantitative estimate of drug-likeness (QED) is 0.531. The van der Waals surface area contributed by atoms with Crippen LogP contribution >= 0.6 is 11.8 Å². The van der Waals surface area contributed by atoms with Gasteiger partial charge in [-0.3, -0.25) is 4.79 Å². The molecule has 8 nitrogen and oxygen atoms in total. The minimum absolute atomic E-state index is 0.0265. The molecule has 0 unspecified atom stereocenters. The van der Waals surface area contributed by atoms with Crippen LogP contribution in [0.25, 0.3) is 11.1 Å². The first-order valence-corrected chi connectivity index (χ1v) is 10.1. The lowest BCUT2D eigenvalue weighted by Gasteiger charge is -2.18. The van der Waals surface area contributed by atoms with Crippen LogP contribution in [0.3, 0.4) is 0 Å². The first-order valence-electron chi connectivity index (χ1n) is 9.14. The number of esters is 1. The van der Waals surface area contributed by atoms with E-state index in [1.807, 2.05) is 19.9 Å². The van der Waals surface area contributed by atoms with Crippen LogP contribution in [-0.4, -0.2) is 47.7 Å². The Morgan fingerprint density at radius 1 is 1.13 bits per heavy atom. The number of pyridine rings is 1. The van der Waals surface area contributed by atoms with Crippen molar-refractivity contribution in [1.29, 1.82) is 10.5 Å². The molecule has 1 aromatic heterocycles. The van der Waals surface area contributed by atoms with Gasteiger partial charge in [-0.05, 0) is 31.5 Å². The number of hydrogen-bond donors (Lipinski definition) is 1. The van der Waals surface area contributed by atoms with Crippen LogP contribution in [0.2, 0.25) is 0 Å². The highest BCUT2D eigenvalue weighted by atomic mass is 32.2. The van der Waals surface area contributed by atoms with Gasteiger partial charge in [0, 0.05) is 18.7 Å². The lowest BCUT2D eigenvalue weighted by atomic mass is 9.96. The SMILES string of the molecule is CCN(CC)C(=O)CSc1nc(N)c(C#N)c(-c2ccc(C(=O)OC)cc2)c1C#N. The number of benzene rings is 1. The largest absolute Gasteiger partial charge is 0.465 e. The minimum Gasteiger partial charge on any atom is -0.465 e. The first-order chi connectivity index (χ1) is 14.4. The summed E-state index contributed by atoms with van der Waals surface area (Å²) in [6, 6.07) is 10.4. The molecular weight excluding hydrogens is 402 g/mol. The fourth-order valence-corrected chi connectivity index (χ4v) is 3.78. The summed E-state index contributed by atoms with van der Waals surface area (Å²) in [5, 5.41) is 19.7. The zero-order valence-corrected chi connectivity index (χ0v) is 17.7. The zero-order chi connectivity index (χ0) is 22.3. The molecule has 2 N–H and O–H groups in total. The van der Waals surface area contributed by atoms with E-state index in [2.05, 4.69) is 15.8 Å². The number of rotatable bonds is 7. The molecule has 1 amide bonds. The summed E-state index contributed by atoms with van der Waals surface area (Å²) in [4.78, 5) is 29.9. The van der Waals surface area contributed by atoms with E-state index in [-0.39, 0.29) is 33.6 Å². The normalized spacial score (nSPS) is 10.0. The van der Waals surface area contributed by atoms with E-state index in [0.29, 0.717) is 29.8 Å². The van der Waals surface area contributed by atoms with Crippen LogP contribution in [0, 0.1) is 22.7 Å². The minimum atomic E-state index is -0.497. The topological polar surface area (TPSA) is 133 Å². The summed E-state index contributed by atoms with van der Waals surface area (Å²) in [5.74, 6) is -0.512. The monoisotopic (exact) mass is 423 g/mol. The van der Waals surface area contributed by atoms with E-state index < -0.39 is 5.97 Å². The molecule has 0 fully saturated rings. The summed E-state index contributed by atoms with van der Waals surface area (Å²) in [7, 11) is 1.28. The van der Waals surface area contributed by atoms with Crippen molar-refractivity contribution in [3.8, 4) is 23.3 Å². The number of carbonyl (C=O) groups is 2. The molecule has 0 saturated heterocycles. The Balaban J connectivity index is 2.52. The van der Waals surface area contributed by atoms with Crippen molar-refractivity contribution in [3.05, 3.63) is 41.0 Å². The van der Waals surface area contributed by atoms with Crippen LogP contribution in [0.4, 0.5) is 5.82 Å². The summed E-state index contributed by atoms with van der Waals surface area (Å²) in [5.41, 5.74) is 7.39. The average Bonchev–Trinajstić information content (AvgIpc) is 2.77. The zero-order valence-electron chi connectivity index (χ0n) is 16.9. The highest BCUT2D eigenvalue weighted by Gasteiger charge is 2.22. The van der Waals surface area contributed by atoms with Crippen molar-refractivity contribution in [3.63, 3.8) is 0 Å². The molecule has 0 saturated carbocycles. The maximum absolute atomic E-state index is 12.3. The number of amides is 1. The van der Waals surface area contributed by atoms with Gasteiger partial charge in [-0.1, -0.05) is 23.9 Å². The molecule has 0 radical (unpaired) electrons. The maximum Gasteiger partial charge on any atom is 0.337 e. The molecular formula is C21H21N5O3S. The number of methoxy groups -OCH3 is 1. The second kappa shape index (κ2) is 10.3. The molecule has 0 aliphatic rings. The standard InChI is InChI=1S/C21H21N5O3S/c1-4-26(5-2)17(27)12-30-20-16(11-23)18(15(10-22)19(24)25-20)13-6-8-14(9-7-13)21(28)29-3/h6-9H,4-5,12H2,1-3H3,(H2,24,25). The number of aromatic nitrogens is 1. The Labute approximate surface area is 179 Å². The van der Waals surface area contributed by atoms with Crippen molar-refractivity contribution in [1.82, 2.24) is 9.88 Å². The highest BCUT2D eigenvalue weighted by Crippen LogP contribution is 2.35. The summed E-state index contributed by atoms with van der Waals surface area (Å²) < 4.78 is 4.69. The summed E-state index contributed by atoms with van der Waals surface area (Å²) >= 11 is 1.10. The number of carbonyl (C=O) groups excluding carboxylic acids is 2. The van der Waals surface area contributed by atoms with Crippen LogP contribution in [0.15, 0.2) is 29.3 Å². The number of nitrogens with two attached hydrogens (primary N) is 1. The van der Waals surface area contributed by atoms with Gasteiger partial charge >= 0.3 is 5.97 Å². The Morgan fingerprint density at radius 2 is 1.73 bits per heavy atom. The average molecular weight is 423 g/mol. The fourth-order valence-electron chi connectivity index (χ4n) is 2.88. The van der Waals surface area contributed by atoms with Gasteiger partial charge in [0.2, 0.25) is 5.91 Å². The molecule has 1 aromatic carbocycles. The lowest BCUT2D eigenvalue weighted by Crippen LogP contribution is -2.31. The molecule has 0 aliphatic heterocycles. The predicted molar refractivity (Wildman–Crippen MR) is 114 cm³/mol. The van der Waals surface area contributed by atoms with Crippen LogP contribution in [-0.2, 0) is 9.53 Å². The molecule has 0 aliphatic carbocycles. The summed E-state index contributed by atoms with van der Waals surface area (Å²) in [6.45, 7) is 4.95. The highest BCUT2D eigenvalue weighted by molar-refractivity contribution is 8.00. The second-order valence-corrected chi connectivity index (χ2v) is 7.04. The third-order valence-electron chi connectivity index (χ3n) is 4.46. The fraction of sp³-hybridized carbons (Fsp3) is 0.286. The van der Waals surface area contributed by atoms with E-state index in [9.17, 15) is 20.1 Å². The Kier molecular flexibility index (Phi) is 7.79. The van der Waals surface area contributed by atoms with Crippen LogP contribution < -0.4 is 5.73 Å². The molecule has 2 rings (SSSR count). The molecule has 30 heavy (non-hydrogen) atoms. The molecule has 1 heterocycles. The van der Waals surface area contributed by atoms with Crippen molar-refractivity contribution in [2.45, 2.75) is 18.9 Å². The molecule has 154 valence electrons. The van der Waals surface area contributed by atoms with Gasteiger partial charge in [0.05, 0.1) is 24.0 Å². The molecule has 2 aromatic rings. The lowest BCUT2D eigenvalue weighted by molar-refractivity contribution is -0.127. The number of nitrogen functional groups attached to an aromatic ring is 1. The van der Waals surface area contributed by atoms with Crippen molar-refractivity contribution < 1.29 is 14.3 Å². The van der Waals surface area contributed by atoms with E-state index in [0.717, 1.165) is 11.8 Å². The second-order valence-electron chi connectivity index (χ2n) is 6.07. The van der Waals surface area contributed by atoms with Crippen molar-refractivity contribution in [2.75, 3.05) is 31.7 Å². The van der Waals surface area contributed by atoms with E-state index in [4.69, 9.17) is 5.73 Å². The maximum atomic E-state index is 12.3. The third-order valence-corrected chi connectivity index (χ3v) is 5.42. The van der Waals surface area contributed by atoms with Crippen LogP contribution in [0.1, 0.15) is 35.3 Å².